The van der Waals surface area contributed by atoms with E-state index in [4.69, 9.17) is 24.4 Å². The van der Waals surface area contributed by atoms with Crippen LogP contribution in [0.5, 0.6) is 6.01 Å². The maximum atomic E-state index is 12.4. The van der Waals surface area contributed by atoms with Gasteiger partial charge in [0.15, 0.2) is 5.82 Å². The van der Waals surface area contributed by atoms with Gasteiger partial charge in [0.25, 0.3) is 0 Å². The third-order valence-corrected chi connectivity index (χ3v) is 7.89. The van der Waals surface area contributed by atoms with E-state index in [1.54, 1.807) is 4.90 Å². The van der Waals surface area contributed by atoms with Crippen LogP contribution in [0.15, 0.2) is 30.5 Å². The van der Waals surface area contributed by atoms with Crippen molar-refractivity contribution in [3.05, 3.63) is 30.5 Å². The molecule has 0 unspecified atom stereocenters. The molecule has 3 fully saturated rings. The number of aromatic nitrogens is 4. The molecule has 0 radical (unpaired) electrons. The fraction of sp³-hybridized carbons (Fsp3) is 0.556. The Morgan fingerprint density at radius 3 is 2.78 bits per heavy atom. The van der Waals surface area contributed by atoms with E-state index in [0.29, 0.717) is 30.4 Å². The number of aromatic amines is 1. The highest BCUT2D eigenvalue weighted by atomic mass is 16.5. The summed E-state index contributed by atoms with van der Waals surface area (Å²) in [7, 11) is 3.65. The fourth-order valence-corrected chi connectivity index (χ4v) is 5.96. The van der Waals surface area contributed by atoms with Crippen LogP contribution in [0.3, 0.4) is 0 Å². The zero-order valence-electron chi connectivity index (χ0n) is 21.0. The van der Waals surface area contributed by atoms with Crippen molar-refractivity contribution < 1.29 is 14.3 Å². The molecular formula is C27H34N6O3. The summed E-state index contributed by atoms with van der Waals surface area (Å²) in [5, 5.41) is 1.11. The molecule has 1 saturated heterocycles. The van der Waals surface area contributed by atoms with E-state index < -0.39 is 0 Å². The summed E-state index contributed by atoms with van der Waals surface area (Å²) in [4.78, 5) is 34.1. The van der Waals surface area contributed by atoms with Crippen molar-refractivity contribution in [2.75, 3.05) is 32.1 Å². The summed E-state index contributed by atoms with van der Waals surface area (Å²) in [5.74, 6) is 1.57. The Balaban J connectivity index is 1.29. The molecule has 9 nitrogen and oxygen atoms in total. The zero-order chi connectivity index (χ0) is 24.6. The Kier molecular flexibility index (Phi) is 6.25. The van der Waals surface area contributed by atoms with Crippen molar-refractivity contribution in [1.82, 2.24) is 24.8 Å². The largest absolute Gasteiger partial charge is 0.460 e. The Hall–Kier alpha value is -3.20. The van der Waals surface area contributed by atoms with Gasteiger partial charge in [-0.05, 0) is 69.2 Å². The zero-order valence-corrected chi connectivity index (χ0v) is 21.0. The van der Waals surface area contributed by atoms with Gasteiger partial charge >= 0.3 is 6.01 Å². The molecule has 2 aromatic heterocycles. The van der Waals surface area contributed by atoms with Crippen LogP contribution < -0.4 is 9.64 Å². The van der Waals surface area contributed by atoms with Crippen molar-refractivity contribution in [1.29, 1.82) is 0 Å². The second kappa shape index (κ2) is 9.69. The number of carbonyl (C=O) groups excluding carboxylic acids is 1. The van der Waals surface area contributed by atoms with Crippen LogP contribution in [0.2, 0.25) is 0 Å². The normalized spacial score (nSPS) is 26.1. The second-order valence-electron chi connectivity index (χ2n) is 10.4. The molecule has 0 spiro atoms. The van der Waals surface area contributed by atoms with Crippen molar-refractivity contribution in [2.45, 2.75) is 63.2 Å². The van der Waals surface area contributed by atoms with Crippen LogP contribution in [0.25, 0.3) is 22.3 Å². The number of rotatable bonds is 5. The lowest BCUT2D eigenvalue weighted by Gasteiger charge is -2.37. The predicted molar refractivity (Wildman–Crippen MR) is 137 cm³/mol. The third kappa shape index (κ3) is 4.52. The number of carbonyl (C=O) groups is 1. The summed E-state index contributed by atoms with van der Waals surface area (Å²) in [6, 6.07) is 8.91. The Morgan fingerprint density at radius 2 is 1.94 bits per heavy atom. The van der Waals surface area contributed by atoms with E-state index >= 15 is 0 Å². The van der Waals surface area contributed by atoms with Crippen molar-refractivity contribution in [3.63, 3.8) is 0 Å². The quantitative estimate of drug-likeness (QED) is 0.581. The molecule has 2 saturated carbocycles. The van der Waals surface area contributed by atoms with Crippen LogP contribution >= 0.6 is 0 Å². The molecule has 36 heavy (non-hydrogen) atoms. The van der Waals surface area contributed by atoms with E-state index in [1.807, 2.05) is 26.4 Å². The second-order valence-corrected chi connectivity index (χ2v) is 10.4. The Bertz CT molecular complexity index is 1240. The van der Waals surface area contributed by atoms with Gasteiger partial charge in [0.2, 0.25) is 11.9 Å². The monoisotopic (exact) mass is 490 g/mol. The molecule has 3 aromatic rings. The fourth-order valence-electron chi connectivity index (χ4n) is 5.96. The van der Waals surface area contributed by atoms with Crippen LogP contribution in [0, 0.1) is 5.92 Å². The number of morpholine rings is 1. The summed E-state index contributed by atoms with van der Waals surface area (Å²) >= 11 is 0. The average Bonchev–Trinajstić information content (AvgIpc) is 3.57. The molecule has 1 N–H and O–H groups in total. The van der Waals surface area contributed by atoms with Gasteiger partial charge < -0.3 is 24.3 Å². The first-order chi connectivity index (χ1) is 17.5. The van der Waals surface area contributed by atoms with E-state index in [9.17, 15) is 4.79 Å². The molecule has 9 heteroatoms. The number of hydrogen-bond donors (Lipinski definition) is 1. The predicted octanol–water partition coefficient (Wildman–Crippen LogP) is 3.80. The molecule has 2 aliphatic carbocycles. The minimum Gasteiger partial charge on any atom is -0.460 e. The van der Waals surface area contributed by atoms with Crippen molar-refractivity contribution >= 4 is 22.8 Å². The highest BCUT2D eigenvalue weighted by molar-refractivity contribution is 5.84. The molecule has 1 aliphatic heterocycles. The number of nitrogens with one attached hydrogen (secondary N) is 1. The highest BCUT2D eigenvalue weighted by Crippen LogP contribution is 2.34. The number of hydrogen-bond acceptors (Lipinski definition) is 7. The molecule has 1 aromatic carbocycles. The van der Waals surface area contributed by atoms with E-state index in [1.165, 1.54) is 0 Å². The first kappa shape index (κ1) is 23.2. The number of nitrogens with zero attached hydrogens (tertiary/aromatic N) is 5. The first-order valence-corrected chi connectivity index (χ1v) is 13.1. The van der Waals surface area contributed by atoms with Gasteiger partial charge in [-0.15, -0.1) is 0 Å². The maximum Gasteiger partial charge on any atom is 0.322 e. The third-order valence-electron chi connectivity index (χ3n) is 7.89. The average molecular weight is 491 g/mol. The topological polar surface area (TPSA) is 96.5 Å². The van der Waals surface area contributed by atoms with Gasteiger partial charge in [0.05, 0.1) is 18.8 Å². The van der Waals surface area contributed by atoms with Crippen LogP contribution in [0.1, 0.15) is 44.9 Å². The van der Waals surface area contributed by atoms with Crippen LogP contribution in [-0.4, -0.2) is 76.2 Å². The molecule has 2 atom stereocenters. The summed E-state index contributed by atoms with van der Waals surface area (Å²) in [6.45, 7) is 1.44. The first-order valence-electron chi connectivity index (χ1n) is 13.1. The number of ether oxygens (including phenoxy) is 2. The van der Waals surface area contributed by atoms with Gasteiger partial charge in [-0.25, -0.2) is 0 Å². The molecule has 6 rings (SSSR count). The lowest BCUT2D eigenvalue weighted by Crippen LogP contribution is -2.49. The Morgan fingerprint density at radius 1 is 1.08 bits per heavy atom. The van der Waals surface area contributed by atoms with E-state index in [0.717, 1.165) is 68.0 Å². The summed E-state index contributed by atoms with van der Waals surface area (Å²) in [5.41, 5.74) is 2.02. The van der Waals surface area contributed by atoms with Crippen molar-refractivity contribution in [2.24, 2.45) is 5.92 Å². The van der Waals surface area contributed by atoms with Gasteiger partial charge in [-0.1, -0.05) is 0 Å². The molecular weight excluding hydrogens is 456 g/mol. The number of anilines is 1. The van der Waals surface area contributed by atoms with Crippen LogP contribution in [-0.2, 0) is 9.53 Å². The van der Waals surface area contributed by atoms with Gasteiger partial charge in [-0.2, -0.15) is 15.0 Å². The molecule has 1 amide bonds. The lowest BCUT2D eigenvalue weighted by atomic mass is 9.86. The summed E-state index contributed by atoms with van der Waals surface area (Å²) < 4.78 is 12.4. The highest BCUT2D eigenvalue weighted by Gasteiger charge is 2.38. The van der Waals surface area contributed by atoms with Gasteiger partial charge in [-0.3, -0.25) is 4.79 Å². The number of fused-ring (bicyclic) bond motifs is 2. The molecule has 0 bridgehead atoms. The minimum atomic E-state index is -0.00427. The molecule has 190 valence electrons. The molecule has 3 aliphatic rings. The number of amides is 1. The SMILES string of the molecule is CN(C)C(=O)[C@H]1CC[C@H](Oc2nc(-c3ccc4[nH]ccc4c3)nc(N3CCO[C@@H]4CCC[C@H]43)n2)CC1. The van der Waals surface area contributed by atoms with E-state index in [2.05, 4.69) is 28.1 Å². The number of H-pyrrole nitrogens is 1. The maximum absolute atomic E-state index is 12.4. The molecule has 3 heterocycles. The van der Waals surface area contributed by atoms with Crippen molar-refractivity contribution in [3.8, 4) is 17.4 Å². The van der Waals surface area contributed by atoms with Gasteiger partial charge in [0, 0.05) is 49.2 Å². The standard InChI is InChI=1S/C27H34N6O3/c1-32(2)25(34)17-6-9-20(10-7-17)36-27-30-24(19-8-11-21-18(16-19)12-13-28-21)29-26(31-27)33-14-15-35-23-5-3-4-22(23)33/h8,11-13,16-17,20,22-23,28H,3-7,9-10,14-15H2,1-2H3/t17-,20-,22-,23-/m1/s1. The number of benzene rings is 1. The van der Waals surface area contributed by atoms with Crippen LogP contribution in [0.4, 0.5) is 5.95 Å². The summed E-state index contributed by atoms with van der Waals surface area (Å²) in [6.07, 6.45) is 8.78. The Labute approximate surface area is 211 Å². The smallest absolute Gasteiger partial charge is 0.322 e. The van der Waals surface area contributed by atoms with Gasteiger partial charge in [0.1, 0.15) is 6.10 Å². The lowest BCUT2D eigenvalue weighted by molar-refractivity contribution is -0.134. The van der Waals surface area contributed by atoms with E-state index in [-0.39, 0.29) is 24.0 Å². The minimum absolute atomic E-state index is 0.00427.